The number of aryl methyl sites for hydroxylation is 1. The fourth-order valence-corrected chi connectivity index (χ4v) is 3.88. The molecule has 28 heavy (non-hydrogen) atoms. The van der Waals surface area contributed by atoms with Gasteiger partial charge in [0.1, 0.15) is 18.2 Å². The summed E-state index contributed by atoms with van der Waals surface area (Å²) in [5, 5.41) is 0.785. The van der Waals surface area contributed by atoms with Gasteiger partial charge in [0.2, 0.25) is 0 Å². The second-order valence-corrected chi connectivity index (χ2v) is 6.95. The van der Waals surface area contributed by atoms with E-state index in [0.29, 0.717) is 40.3 Å². The molecule has 0 saturated heterocycles. The number of benzene rings is 1. The Bertz CT molecular complexity index is 1250. The topological polar surface area (TPSA) is 96.4 Å². The predicted molar refractivity (Wildman–Crippen MR) is 98.4 cm³/mol. The average molecular weight is 381 g/mol. The lowest BCUT2D eigenvalue weighted by atomic mass is 9.99. The second-order valence-electron chi connectivity index (χ2n) is 6.95. The number of nitrogens with zero attached hydrogens (tertiary/aromatic N) is 2. The number of cyclic esters (lactones) is 1. The van der Waals surface area contributed by atoms with Crippen LogP contribution in [0.2, 0.25) is 0 Å². The van der Waals surface area contributed by atoms with Gasteiger partial charge in [-0.25, -0.2) is 14.2 Å². The zero-order valence-corrected chi connectivity index (χ0v) is 15.0. The molecule has 0 amide bonds. The van der Waals surface area contributed by atoms with Crippen LogP contribution in [0.4, 0.5) is 4.39 Å². The van der Waals surface area contributed by atoms with E-state index >= 15 is 0 Å². The Kier molecular flexibility index (Phi) is 3.54. The Morgan fingerprint density at radius 2 is 2.00 bits per heavy atom. The fourth-order valence-electron chi connectivity index (χ4n) is 3.88. The normalized spacial score (nSPS) is 14.8. The number of carbonyl (C=O) groups excluding carboxylic acids is 1. The quantitative estimate of drug-likeness (QED) is 0.505. The van der Waals surface area contributed by atoms with Crippen LogP contribution < -0.4 is 16.0 Å². The van der Waals surface area contributed by atoms with Gasteiger partial charge in [0.05, 0.1) is 29.0 Å². The summed E-state index contributed by atoms with van der Waals surface area (Å²) in [5.41, 5.74) is 9.84. The Balaban J connectivity index is 1.79. The van der Waals surface area contributed by atoms with Crippen molar-refractivity contribution < 1.29 is 18.7 Å². The molecule has 0 unspecified atom stereocenters. The molecular weight excluding hydrogens is 365 g/mol. The molecule has 0 aliphatic carbocycles. The van der Waals surface area contributed by atoms with E-state index in [9.17, 15) is 14.0 Å². The number of esters is 1. The van der Waals surface area contributed by atoms with Gasteiger partial charge in [0, 0.05) is 29.6 Å². The molecule has 1 aromatic carbocycles. The van der Waals surface area contributed by atoms with Crippen molar-refractivity contribution >= 4 is 16.9 Å². The fraction of sp³-hybridized carbons (Fsp3) is 0.250. The Morgan fingerprint density at radius 1 is 1.18 bits per heavy atom. The summed E-state index contributed by atoms with van der Waals surface area (Å²) in [7, 11) is 0. The van der Waals surface area contributed by atoms with Crippen molar-refractivity contribution in [3.63, 3.8) is 0 Å². The van der Waals surface area contributed by atoms with Crippen LogP contribution in [-0.2, 0) is 29.2 Å². The smallest absolute Gasteiger partial charge is 0.344 e. The van der Waals surface area contributed by atoms with Crippen LogP contribution >= 0.6 is 0 Å². The highest BCUT2D eigenvalue weighted by molar-refractivity contribution is 5.88. The highest BCUT2D eigenvalue weighted by Gasteiger charge is 2.30. The standard InChI is InChI=1S/C20H16FN3O4/c1-9-2-10-11(5-22)12-6-24-16(19(12)23-15(10)3-14(9)21)4-17-13(20(24)26)7-28-18(25)8-27-17/h2-4H,5-8,22H2,1H3. The van der Waals surface area contributed by atoms with Crippen molar-refractivity contribution in [1.29, 1.82) is 0 Å². The van der Waals surface area contributed by atoms with E-state index in [1.807, 2.05) is 0 Å². The van der Waals surface area contributed by atoms with E-state index in [1.165, 1.54) is 6.07 Å². The molecular formula is C20H16FN3O4. The highest BCUT2D eigenvalue weighted by Crippen LogP contribution is 2.38. The first-order valence-corrected chi connectivity index (χ1v) is 8.85. The molecule has 2 aliphatic rings. The van der Waals surface area contributed by atoms with E-state index < -0.39 is 5.97 Å². The van der Waals surface area contributed by atoms with E-state index in [2.05, 4.69) is 4.98 Å². The van der Waals surface area contributed by atoms with Crippen molar-refractivity contribution in [2.45, 2.75) is 26.6 Å². The van der Waals surface area contributed by atoms with Crippen molar-refractivity contribution in [1.82, 2.24) is 9.55 Å². The molecule has 0 saturated carbocycles. The van der Waals surface area contributed by atoms with Crippen LogP contribution in [0, 0.1) is 12.7 Å². The Morgan fingerprint density at radius 3 is 2.79 bits per heavy atom. The van der Waals surface area contributed by atoms with Gasteiger partial charge in [0.15, 0.2) is 6.61 Å². The first-order chi connectivity index (χ1) is 13.5. The molecule has 3 aromatic rings. The number of pyridine rings is 2. The highest BCUT2D eigenvalue weighted by atomic mass is 19.1. The number of ether oxygens (including phenoxy) is 2. The summed E-state index contributed by atoms with van der Waals surface area (Å²) < 4.78 is 26.2. The Labute approximate surface area is 158 Å². The first kappa shape index (κ1) is 16.9. The first-order valence-electron chi connectivity index (χ1n) is 8.85. The SMILES string of the molecule is Cc1cc2c(CN)c3c(nc2cc1F)-c1cc2c(c(=O)n1C3)COC(=O)CO2. The molecule has 0 atom stereocenters. The van der Waals surface area contributed by atoms with Gasteiger partial charge >= 0.3 is 5.97 Å². The maximum Gasteiger partial charge on any atom is 0.344 e. The van der Waals surface area contributed by atoms with Gasteiger partial charge in [0.25, 0.3) is 5.56 Å². The zero-order valence-electron chi connectivity index (χ0n) is 15.0. The molecule has 0 spiro atoms. The van der Waals surface area contributed by atoms with Crippen LogP contribution in [0.3, 0.4) is 0 Å². The van der Waals surface area contributed by atoms with Gasteiger partial charge in [-0.15, -0.1) is 0 Å². The molecule has 2 aliphatic heterocycles. The van der Waals surface area contributed by atoms with Crippen molar-refractivity contribution in [3.8, 4) is 17.1 Å². The van der Waals surface area contributed by atoms with E-state index in [4.69, 9.17) is 15.2 Å². The van der Waals surface area contributed by atoms with Crippen LogP contribution in [0.1, 0.15) is 22.3 Å². The third-order valence-corrected chi connectivity index (χ3v) is 5.33. The van der Waals surface area contributed by atoms with Gasteiger partial charge in [-0.1, -0.05) is 0 Å². The molecule has 0 fully saturated rings. The molecule has 2 N–H and O–H groups in total. The number of hydrogen-bond donors (Lipinski definition) is 1. The molecule has 0 bridgehead atoms. The van der Waals surface area contributed by atoms with Crippen LogP contribution in [0.5, 0.6) is 5.75 Å². The maximum atomic E-state index is 14.1. The van der Waals surface area contributed by atoms with Crippen LogP contribution in [-0.4, -0.2) is 22.1 Å². The van der Waals surface area contributed by atoms with Gasteiger partial charge < -0.3 is 19.8 Å². The number of hydrogen-bond acceptors (Lipinski definition) is 6. The lowest BCUT2D eigenvalue weighted by Gasteiger charge is -2.11. The lowest BCUT2D eigenvalue weighted by Crippen LogP contribution is -2.23. The zero-order chi connectivity index (χ0) is 19.6. The summed E-state index contributed by atoms with van der Waals surface area (Å²) in [6.07, 6.45) is 0. The minimum atomic E-state index is -0.526. The van der Waals surface area contributed by atoms with Gasteiger partial charge in [-0.2, -0.15) is 0 Å². The van der Waals surface area contributed by atoms with Crippen molar-refractivity contribution in [2.24, 2.45) is 5.73 Å². The largest absolute Gasteiger partial charge is 0.481 e. The number of carbonyl (C=O) groups is 1. The molecule has 5 rings (SSSR count). The third kappa shape index (κ3) is 2.27. The van der Waals surface area contributed by atoms with E-state index in [1.54, 1.807) is 23.6 Å². The van der Waals surface area contributed by atoms with Crippen molar-refractivity contribution in [2.75, 3.05) is 6.61 Å². The molecule has 0 radical (unpaired) electrons. The van der Waals surface area contributed by atoms with Crippen molar-refractivity contribution in [3.05, 3.63) is 56.6 Å². The number of rotatable bonds is 1. The van der Waals surface area contributed by atoms with Gasteiger partial charge in [-0.3, -0.25) is 4.79 Å². The maximum absolute atomic E-state index is 14.1. The van der Waals surface area contributed by atoms with E-state index in [0.717, 1.165) is 16.5 Å². The number of halogens is 1. The number of aromatic nitrogens is 2. The third-order valence-electron chi connectivity index (χ3n) is 5.33. The van der Waals surface area contributed by atoms with Crippen LogP contribution in [0.15, 0.2) is 23.0 Å². The van der Waals surface area contributed by atoms with Crippen LogP contribution in [0.25, 0.3) is 22.3 Å². The lowest BCUT2D eigenvalue weighted by molar-refractivity contribution is -0.146. The summed E-state index contributed by atoms with van der Waals surface area (Å²) in [5.74, 6) is -0.568. The van der Waals surface area contributed by atoms with E-state index in [-0.39, 0.29) is 31.1 Å². The molecule has 8 heteroatoms. The molecule has 7 nitrogen and oxygen atoms in total. The number of fused-ring (bicyclic) bond motifs is 5. The average Bonchev–Trinajstić information content (AvgIpc) is 2.92. The Hall–Kier alpha value is -3.26. The minimum Gasteiger partial charge on any atom is -0.481 e. The summed E-state index contributed by atoms with van der Waals surface area (Å²) in [6, 6.07) is 4.81. The van der Waals surface area contributed by atoms with Gasteiger partial charge in [-0.05, 0) is 24.1 Å². The molecule has 142 valence electrons. The molecule has 4 heterocycles. The summed E-state index contributed by atoms with van der Waals surface area (Å²) in [4.78, 5) is 29.1. The minimum absolute atomic E-state index is 0.132. The molecule has 2 aromatic heterocycles. The summed E-state index contributed by atoms with van der Waals surface area (Å²) in [6.45, 7) is 1.84. The monoisotopic (exact) mass is 381 g/mol. The summed E-state index contributed by atoms with van der Waals surface area (Å²) >= 11 is 0. The number of nitrogens with two attached hydrogens (primary N) is 1. The second kappa shape index (κ2) is 5.87. The predicted octanol–water partition coefficient (Wildman–Crippen LogP) is 1.77.